The molecule has 1 saturated carbocycles. The van der Waals surface area contributed by atoms with Crippen molar-refractivity contribution in [3.63, 3.8) is 0 Å². The van der Waals surface area contributed by atoms with Crippen LogP contribution in [0.5, 0.6) is 0 Å². The first kappa shape index (κ1) is 11.6. The van der Waals surface area contributed by atoms with Gasteiger partial charge in [-0.2, -0.15) is 0 Å². The van der Waals surface area contributed by atoms with E-state index in [2.05, 4.69) is 4.98 Å². The van der Waals surface area contributed by atoms with E-state index in [9.17, 15) is 5.11 Å². The maximum Gasteiger partial charge on any atom is 0.0595 e. The van der Waals surface area contributed by atoms with Crippen LogP contribution in [0.25, 0.3) is 0 Å². The fourth-order valence-electron chi connectivity index (χ4n) is 2.59. The second kappa shape index (κ2) is 6.00. The fraction of sp³-hybridized carbons (Fsp3) is 0.643. The highest BCUT2D eigenvalue weighted by atomic mass is 16.3. The molecule has 1 aromatic rings. The van der Waals surface area contributed by atoms with Crippen LogP contribution in [-0.4, -0.2) is 16.2 Å². The zero-order chi connectivity index (χ0) is 11.2. The number of nitrogens with zero attached hydrogens (tertiary/aromatic N) is 1. The summed E-state index contributed by atoms with van der Waals surface area (Å²) in [6, 6.07) is 5.87. The largest absolute Gasteiger partial charge is 0.393 e. The fourth-order valence-corrected chi connectivity index (χ4v) is 2.59. The molecule has 1 aliphatic carbocycles. The van der Waals surface area contributed by atoms with Crippen LogP contribution in [0.1, 0.15) is 44.2 Å². The van der Waals surface area contributed by atoms with Gasteiger partial charge in [-0.05, 0) is 30.9 Å². The molecule has 1 aliphatic rings. The van der Waals surface area contributed by atoms with Crippen molar-refractivity contribution in [2.24, 2.45) is 5.92 Å². The molecule has 88 valence electrons. The molecule has 0 aromatic carbocycles. The molecule has 0 amide bonds. The maximum atomic E-state index is 9.92. The number of rotatable bonds is 5. The lowest BCUT2D eigenvalue weighted by Crippen LogP contribution is -2.12. The minimum absolute atomic E-state index is 0.213. The third-order valence-corrected chi connectivity index (χ3v) is 3.55. The Hall–Kier alpha value is -0.890. The SMILES string of the molecule is OC(CCC1CCCC1)Cc1ccccn1. The number of hydrogen-bond donors (Lipinski definition) is 1. The van der Waals surface area contributed by atoms with Crippen LogP contribution >= 0.6 is 0 Å². The highest BCUT2D eigenvalue weighted by Crippen LogP contribution is 2.29. The van der Waals surface area contributed by atoms with Crippen LogP contribution in [-0.2, 0) is 6.42 Å². The van der Waals surface area contributed by atoms with Gasteiger partial charge in [-0.15, -0.1) is 0 Å². The molecule has 1 atom stereocenters. The van der Waals surface area contributed by atoms with E-state index in [0.717, 1.165) is 18.0 Å². The number of aromatic nitrogens is 1. The first-order valence-electron chi connectivity index (χ1n) is 6.42. The molecule has 1 fully saturated rings. The number of pyridine rings is 1. The van der Waals surface area contributed by atoms with Crippen LogP contribution < -0.4 is 0 Å². The summed E-state index contributed by atoms with van der Waals surface area (Å²) < 4.78 is 0. The standard InChI is InChI=1S/C14H21NO/c16-14(9-8-12-5-1-2-6-12)11-13-7-3-4-10-15-13/h3-4,7,10,12,14,16H,1-2,5-6,8-9,11H2. The van der Waals surface area contributed by atoms with Crippen molar-refractivity contribution in [2.45, 2.75) is 51.0 Å². The molecule has 16 heavy (non-hydrogen) atoms. The van der Waals surface area contributed by atoms with Gasteiger partial charge in [-0.1, -0.05) is 31.7 Å². The van der Waals surface area contributed by atoms with Gasteiger partial charge < -0.3 is 5.11 Å². The summed E-state index contributed by atoms with van der Waals surface area (Å²) in [6.07, 6.45) is 9.92. The predicted molar refractivity (Wildman–Crippen MR) is 65.1 cm³/mol. The molecule has 1 aromatic heterocycles. The van der Waals surface area contributed by atoms with E-state index >= 15 is 0 Å². The number of aliphatic hydroxyl groups excluding tert-OH is 1. The molecule has 0 radical (unpaired) electrons. The van der Waals surface area contributed by atoms with Crippen molar-refractivity contribution in [1.82, 2.24) is 4.98 Å². The van der Waals surface area contributed by atoms with Gasteiger partial charge in [0, 0.05) is 18.3 Å². The van der Waals surface area contributed by atoms with E-state index in [1.807, 2.05) is 18.2 Å². The van der Waals surface area contributed by atoms with Crippen LogP contribution in [0.3, 0.4) is 0 Å². The molecule has 2 nitrogen and oxygen atoms in total. The van der Waals surface area contributed by atoms with Crippen molar-refractivity contribution < 1.29 is 5.11 Å². The van der Waals surface area contributed by atoms with E-state index in [0.29, 0.717) is 6.42 Å². The smallest absolute Gasteiger partial charge is 0.0595 e. The normalized spacial score (nSPS) is 18.8. The zero-order valence-electron chi connectivity index (χ0n) is 9.81. The quantitative estimate of drug-likeness (QED) is 0.826. The molecule has 2 heteroatoms. The first-order chi connectivity index (χ1) is 7.84. The first-order valence-corrected chi connectivity index (χ1v) is 6.42. The van der Waals surface area contributed by atoms with Crippen LogP contribution in [0.4, 0.5) is 0 Å². The highest BCUT2D eigenvalue weighted by molar-refractivity contribution is 5.04. The summed E-state index contributed by atoms with van der Waals surface area (Å²) in [5, 5.41) is 9.92. The topological polar surface area (TPSA) is 33.1 Å². The zero-order valence-corrected chi connectivity index (χ0v) is 9.81. The average molecular weight is 219 g/mol. The van der Waals surface area contributed by atoms with E-state index in [1.54, 1.807) is 6.20 Å². The minimum Gasteiger partial charge on any atom is -0.393 e. The van der Waals surface area contributed by atoms with Crippen molar-refractivity contribution in [1.29, 1.82) is 0 Å². The van der Waals surface area contributed by atoms with Gasteiger partial charge in [-0.25, -0.2) is 0 Å². The van der Waals surface area contributed by atoms with Crippen LogP contribution in [0.15, 0.2) is 24.4 Å². The Bertz CT molecular complexity index is 293. The van der Waals surface area contributed by atoms with Gasteiger partial charge in [0.1, 0.15) is 0 Å². The van der Waals surface area contributed by atoms with E-state index in [4.69, 9.17) is 0 Å². The second-order valence-corrected chi connectivity index (χ2v) is 4.91. The lowest BCUT2D eigenvalue weighted by atomic mass is 9.98. The van der Waals surface area contributed by atoms with Gasteiger partial charge in [0.2, 0.25) is 0 Å². The second-order valence-electron chi connectivity index (χ2n) is 4.91. The Morgan fingerprint density at radius 3 is 2.81 bits per heavy atom. The van der Waals surface area contributed by atoms with Crippen molar-refractivity contribution in [2.75, 3.05) is 0 Å². The third-order valence-electron chi connectivity index (χ3n) is 3.55. The molecule has 0 aliphatic heterocycles. The van der Waals surface area contributed by atoms with Gasteiger partial charge >= 0.3 is 0 Å². The summed E-state index contributed by atoms with van der Waals surface area (Å²) in [6.45, 7) is 0. The number of hydrogen-bond acceptors (Lipinski definition) is 2. The van der Waals surface area contributed by atoms with Crippen molar-refractivity contribution >= 4 is 0 Å². The monoisotopic (exact) mass is 219 g/mol. The van der Waals surface area contributed by atoms with Gasteiger partial charge in [-0.3, -0.25) is 4.98 Å². The molecular weight excluding hydrogens is 198 g/mol. The third kappa shape index (κ3) is 3.60. The maximum absolute atomic E-state index is 9.92. The summed E-state index contributed by atoms with van der Waals surface area (Å²) in [5.74, 6) is 0.874. The Labute approximate surface area is 97.7 Å². The van der Waals surface area contributed by atoms with Crippen LogP contribution in [0.2, 0.25) is 0 Å². The van der Waals surface area contributed by atoms with E-state index < -0.39 is 0 Å². The molecule has 0 saturated heterocycles. The Balaban J connectivity index is 1.69. The van der Waals surface area contributed by atoms with Crippen LogP contribution in [0, 0.1) is 5.92 Å². The van der Waals surface area contributed by atoms with Gasteiger partial charge in [0.15, 0.2) is 0 Å². The molecule has 0 bridgehead atoms. The average Bonchev–Trinajstić information content (AvgIpc) is 2.81. The van der Waals surface area contributed by atoms with E-state index in [-0.39, 0.29) is 6.10 Å². The van der Waals surface area contributed by atoms with Crippen molar-refractivity contribution in [3.05, 3.63) is 30.1 Å². The summed E-state index contributed by atoms with van der Waals surface area (Å²) >= 11 is 0. The Morgan fingerprint density at radius 2 is 2.12 bits per heavy atom. The van der Waals surface area contributed by atoms with Gasteiger partial charge in [0.25, 0.3) is 0 Å². The summed E-state index contributed by atoms with van der Waals surface area (Å²) in [7, 11) is 0. The van der Waals surface area contributed by atoms with Gasteiger partial charge in [0.05, 0.1) is 6.10 Å². The molecule has 1 unspecified atom stereocenters. The molecular formula is C14H21NO. The summed E-state index contributed by atoms with van der Waals surface area (Å²) in [5.41, 5.74) is 1.00. The molecule has 1 heterocycles. The molecule has 1 N–H and O–H groups in total. The van der Waals surface area contributed by atoms with E-state index in [1.165, 1.54) is 32.1 Å². The molecule has 2 rings (SSSR count). The molecule has 0 spiro atoms. The Kier molecular flexibility index (Phi) is 4.34. The van der Waals surface area contributed by atoms with Crippen molar-refractivity contribution in [3.8, 4) is 0 Å². The Morgan fingerprint density at radius 1 is 1.31 bits per heavy atom. The predicted octanol–water partition coefficient (Wildman–Crippen LogP) is 2.96. The highest BCUT2D eigenvalue weighted by Gasteiger charge is 2.16. The lowest BCUT2D eigenvalue weighted by molar-refractivity contribution is 0.154. The number of aliphatic hydroxyl groups is 1. The lowest BCUT2D eigenvalue weighted by Gasteiger charge is -2.13. The summed E-state index contributed by atoms with van der Waals surface area (Å²) in [4.78, 5) is 4.24. The minimum atomic E-state index is -0.213.